The molecular weight excluding hydrogens is 301 g/mol. The van der Waals surface area contributed by atoms with Crippen LogP contribution in [-0.2, 0) is 11.2 Å². The van der Waals surface area contributed by atoms with Gasteiger partial charge in [0.1, 0.15) is 5.82 Å². The summed E-state index contributed by atoms with van der Waals surface area (Å²) in [6, 6.07) is 9.43. The van der Waals surface area contributed by atoms with Gasteiger partial charge >= 0.3 is 0 Å². The minimum atomic E-state index is -0.383. The SMILES string of the molecule is O=C(CCCCc1cccs1)NCC(=O)c1ccc(F)cc1. The van der Waals surface area contributed by atoms with Gasteiger partial charge in [-0.3, -0.25) is 9.59 Å². The molecule has 0 aliphatic rings. The van der Waals surface area contributed by atoms with Crippen LogP contribution in [0.5, 0.6) is 0 Å². The van der Waals surface area contributed by atoms with Gasteiger partial charge in [0.25, 0.3) is 0 Å². The maximum absolute atomic E-state index is 12.8. The van der Waals surface area contributed by atoms with Crippen molar-refractivity contribution in [2.45, 2.75) is 25.7 Å². The highest BCUT2D eigenvalue weighted by Crippen LogP contribution is 2.12. The molecule has 2 aromatic rings. The summed E-state index contributed by atoms with van der Waals surface area (Å²) in [6.07, 6.45) is 3.16. The summed E-state index contributed by atoms with van der Waals surface area (Å²) < 4.78 is 12.8. The molecule has 0 spiro atoms. The topological polar surface area (TPSA) is 46.2 Å². The number of nitrogens with one attached hydrogen (secondary N) is 1. The minimum Gasteiger partial charge on any atom is -0.349 e. The number of carbonyl (C=O) groups excluding carboxylic acids is 2. The summed E-state index contributed by atoms with van der Waals surface area (Å²) in [5.74, 6) is -0.722. The fourth-order valence-electron chi connectivity index (χ4n) is 2.04. The summed E-state index contributed by atoms with van der Waals surface area (Å²) in [4.78, 5) is 24.8. The zero-order valence-electron chi connectivity index (χ0n) is 12.2. The van der Waals surface area contributed by atoms with Crippen molar-refractivity contribution in [1.29, 1.82) is 0 Å². The van der Waals surface area contributed by atoms with E-state index >= 15 is 0 Å². The number of unbranched alkanes of at least 4 members (excludes halogenated alkanes) is 1. The van der Waals surface area contributed by atoms with Gasteiger partial charge in [-0.15, -0.1) is 11.3 Å². The normalized spacial score (nSPS) is 10.4. The van der Waals surface area contributed by atoms with Crippen molar-refractivity contribution in [3.63, 3.8) is 0 Å². The van der Waals surface area contributed by atoms with Gasteiger partial charge in [0, 0.05) is 16.9 Å². The van der Waals surface area contributed by atoms with Crippen LogP contribution >= 0.6 is 11.3 Å². The molecule has 0 saturated carbocycles. The molecule has 22 heavy (non-hydrogen) atoms. The number of halogens is 1. The van der Waals surface area contributed by atoms with E-state index in [0.29, 0.717) is 12.0 Å². The number of Topliss-reactive ketones (excluding diaryl/α,β-unsaturated/α-hetero) is 1. The summed E-state index contributed by atoms with van der Waals surface area (Å²) >= 11 is 1.72. The van der Waals surface area contributed by atoms with Gasteiger partial charge in [0.2, 0.25) is 5.91 Å². The molecule has 0 aliphatic carbocycles. The predicted molar refractivity (Wildman–Crippen MR) is 85.6 cm³/mol. The first kappa shape index (κ1) is 16.4. The molecule has 1 amide bonds. The molecule has 0 atom stereocenters. The fraction of sp³-hybridized carbons (Fsp3) is 0.294. The van der Waals surface area contributed by atoms with E-state index in [9.17, 15) is 14.0 Å². The Bertz CT molecular complexity index is 608. The fourth-order valence-corrected chi connectivity index (χ4v) is 2.80. The van der Waals surface area contributed by atoms with Crippen LogP contribution in [0.4, 0.5) is 4.39 Å². The number of ketones is 1. The van der Waals surface area contributed by atoms with Crippen LogP contribution in [0.2, 0.25) is 0 Å². The Morgan fingerprint density at radius 1 is 1.09 bits per heavy atom. The number of carbonyl (C=O) groups is 2. The maximum Gasteiger partial charge on any atom is 0.220 e. The molecule has 0 radical (unpaired) electrons. The van der Waals surface area contributed by atoms with E-state index in [-0.39, 0.29) is 24.1 Å². The van der Waals surface area contributed by atoms with Gasteiger partial charge in [-0.1, -0.05) is 6.07 Å². The Hall–Kier alpha value is -2.01. The van der Waals surface area contributed by atoms with Gasteiger partial charge in [-0.25, -0.2) is 4.39 Å². The van der Waals surface area contributed by atoms with E-state index < -0.39 is 0 Å². The Labute approximate surface area is 133 Å². The van der Waals surface area contributed by atoms with E-state index in [4.69, 9.17) is 0 Å². The molecule has 0 fully saturated rings. The smallest absolute Gasteiger partial charge is 0.220 e. The maximum atomic E-state index is 12.8. The molecule has 0 aliphatic heterocycles. The van der Waals surface area contributed by atoms with E-state index in [1.807, 2.05) is 11.4 Å². The van der Waals surface area contributed by atoms with E-state index in [1.54, 1.807) is 11.3 Å². The number of hydrogen-bond acceptors (Lipinski definition) is 3. The second-order valence-electron chi connectivity index (χ2n) is 4.99. The molecule has 2 rings (SSSR count). The molecule has 0 unspecified atom stereocenters. The van der Waals surface area contributed by atoms with Crippen LogP contribution in [0.1, 0.15) is 34.5 Å². The highest BCUT2D eigenvalue weighted by Gasteiger charge is 2.08. The highest BCUT2D eigenvalue weighted by molar-refractivity contribution is 7.09. The number of benzene rings is 1. The molecule has 1 N–H and O–H groups in total. The Morgan fingerprint density at radius 2 is 1.86 bits per heavy atom. The molecule has 116 valence electrons. The molecule has 5 heteroatoms. The number of thiophene rings is 1. The quantitative estimate of drug-likeness (QED) is 0.597. The summed E-state index contributed by atoms with van der Waals surface area (Å²) in [5, 5.41) is 4.65. The van der Waals surface area contributed by atoms with Crippen molar-refractivity contribution in [3.8, 4) is 0 Å². The Balaban J connectivity index is 1.62. The lowest BCUT2D eigenvalue weighted by Gasteiger charge is -2.05. The van der Waals surface area contributed by atoms with Crippen LogP contribution in [0.3, 0.4) is 0 Å². The lowest BCUT2D eigenvalue weighted by Crippen LogP contribution is -2.29. The highest BCUT2D eigenvalue weighted by atomic mass is 32.1. The summed E-state index contributed by atoms with van der Waals surface area (Å²) in [7, 11) is 0. The van der Waals surface area contributed by atoms with Crippen LogP contribution in [-0.4, -0.2) is 18.2 Å². The third-order valence-electron chi connectivity index (χ3n) is 3.27. The molecule has 1 aromatic carbocycles. The molecule has 1 heterocycles. The first-order chi connectivity index (χ1) is 10.6. The molecule has 0 saturated heterocycles. The second-order valence-corrected chi connectivity index (χ2v) is 6.03. The largest absolute Gasteiger partial charge is 0.349 e. The van der Waals surface area contributed by atoms with Crippen LogP contribution in [0, 0.1) is 5.82 Å². The molecular formula is C17H18FNO2S. The first-order valence-corrected chi connectivity index (χ1v) is 8.11. The summed E-state index contributed by atoms with van der Waals surface area (Å²) in [6.45, 7) is -0.0462. The van der Waals surface area contributed by atoms with Crippen LogP contribution < -0.4 is 5.32 Å². The van der Waals surface area contributed by atoms with Gasteiger partial charge < -0.3 is 5.32 Å². The lowest BCUT2D eigenvalue weighted by atomic mass is 10.1. The van der Waals surface area contributed by atoms with Crippen molar-refractivity contribution in [2.75, 3.05) is 6.54 Å². The molecule has 3 nitrogen and oxygen atoms in total. The second kappa shape index (κ2) is 8.44. The van der Waals surface area contributed by atoms with E-state index in [1.165, 1.54) is 29.1 Å². The van der Waals surface area contributed by atoms with Crippen molar-refractivity contribution in [1.82, 2.24) is 5.32 Å². The van der Waals surface area contributed by atoms with Gasteiger partial charge in [0.05, 0.1) is 6.54 Å². The van der Waals surface area contributed by atoms with E-state index in [2.05, 4.69) is 11.4 Å². The van der Waals surface area contributed by atoms with Gasteiger partial charge in [-0.05, 0) is 55.0 Å². The zero-order valence-corrected chi connectivity index (χ0v) is 13.0. The van der Waals surface area contributed by atoms with Gasteiger partial charge in [-0.2, -0.15) is 0 Å². The predicted octanol–water partition coefficient (Wildman–Crippen LogP) is 3.60. The number of rotatable bonds is 8. The minimum absolute atomic E-state index is 0.0462. The van der Waals surface area contributed by atoms with Crippen molar-refractivity contribution < 1.29 is 14.0 Å². The lowest BCUT2D eigenvalue weighted by molar-refractivity contribution is -0.121. The van der Waals surface area contributed by atoms with Crippen molar-refractivity contribution in [3.05, 3.63) is 58.0 Å². The number of amides is 1. The van der Waals surface area contributed by atoms with Gasteiger partial charge in [0.15, 0.2) is 5.78 Å². The molecule has 1 aromatic heterocycles. The van der Waals surface area contributed by atoms with Crippen molar-refractivity contribution in [2.24, 2.45) is 0 Å². The third-order valence-corrected chi connectivity index (χ3v) is 4.21. The Kier molecular flexibility index (Phi) is 6.27. The number of aryl methyl sites for hydroxylation is 1. The van der Waals surface area contributed by atoms with Crippen molar-refractivity contribution >= 4 is 23.0 Å². The van der Waals surface area contributed by atoms with Crippen LogP contribution in [0.25, 0.3) is 0 Å². The zero-order chi connectivity index (χ0) is 15.8. The van der Waals surface area contributed by atoms with E-state index in [0.717, 1.165) is 19.3 Å². The average Bonchev–Trinajstić information content (AvgIpc) is 3.03. The first-order valence-electron chi connectivity index (χ1n) is 7.23. The standard InChI is InChI=1S/C17H18FNO2S/c18-14-9-7-13(8-10-14)16(20)12-19-17(21)6-2-1-4-15-5-3-11-22-15/h3,5,7-11H,1-2,4,6,12H2,(H,19,21). The monoisotopic (exact) mass is 319 g/mol. The van der Waals surface area contributed by atoms with Crippen LogP contribution in [0.15, 0.2) is 41.8 Å². The average molecular weight is 319 g/mol. The molecule has 0 bridgehead atoms. The Morgan fingerprint density at radius 3 is 2.55 bits per heavy atom. The summed E-state index contributed by atoms with van der Waals surface area (Å²) in [5.41, 5.74) is 0.402. The third kappa shape index (κ3) is 5.41. The number of hydrogen-bond donors (Lipinski definition) is 1.